The molecule has 0 atom stereocenters. The Hall–Kier alpha value is -2.07. The van der Waals surface area contributed by atoms with Crippen molar-refractivity contribution in [1.82, 2.24) is 4.98 Å². The molecule has 2 aromatic carbocycles. The van der Waals surface area contributed by atoms with Crippen LogP contribution in [0.5, 0.6) is 0 Å². The molecular formula is C13H13N3S. The summed E-state index contributed by atoms with van der Waals surface area (Å²) in [6.45, 7) is 0. The summed E-state index contributed by atoms with van der Waals surface area (Å²) in [5.41, 5.74) is 12.7. The second kappa shape index (κ2) is 5.32. The van der Waals surface area contributed by atoms with E-state index in [2.05, 4.69) is 4.98 Å². The van der Waals surface area contributed by atoms with E-state index in [1.165, 1.54) is 11.3 Å². The van der Waals surface area contributed by atoms with Crippen LogP contribution in [0.1, 0.15) is 0 Å². The third-order valence-corrected chi connectivity index (χ3v) is 2.98. The SMILES string of the molecule is Nc1ccccc1.Nc1nc2ccccc2s1. The summed E-state index contributed by atoms with van der Waals surface area (Å²) in [6, 6.07) is 17.4. The van der Waals surface area contributed by atoms with Crippen molar-refractivity contribution in [3.63, 3.8) is 0 Å². The second-order valence-corrected chi connectivity index (χ2v) is 4.49. The van der Waals surface area contributed by atoms with Crippen molar-refractivity contribution in [2.75, 3.05) is 11.5 Å². The number of thiazole rings is 1. The molecular weight excluding hydrogens is 230 g/mol. The molecule has 4 N–H and O–H groups in total. The molecule has 0 saturated carbocycles. The Morgan fingerprint density at radius 3 is 2.06 bits per heavy atom. The largest absolute Gasteiger partial charge is 0.399 e. The molecule has 1 heterocycles. The topological polar surface area (TPSA) is 64.9 Å². The van der Waals surface area contributed by atoms with Gasteiger partial charge in [-0.2, -0.15) is 0 Å². The van der Waals surface area contributed by atoms with Crippen molar-refractivity contribution < 1.29 is 0 Å². The summed E-state index contributed by atoms with van der Waals surface area (Å²) in [5, 5.41) is 0.640. The van der Waals surface area contributed by atoms with Gasteiger partial charge >= 0.3 is 0 Å². The zero-order valence-electron chi connectivity index (χ0n) is 9.21. The average molecular weight is 243 g/mol. The number of anilines is 2. The second-order valence-electron chi connectivity index (χ2n) is 3.43. The Bertz CT molecular complexity index is 557. The number of benzene rings is 2. The number of nitrogens with two attached hydrogens (primary N) is 2. The lowest BCUT2D eigenvalue weighted by atomic mass is 10.3. The minimum Gasteiger partial charge on any atom is -0.399 e. The molecule has 4 heteroatoms. The van der Waals surface area contributed by atoms with Gasteiger partial charge in [0, 0.05) is 5.69 Å². The van der Waals surface area contributed by atoms with Gasteiger partial charge in [-0.15, -0.1) is 0 Å². The summed E-state index contributed by atoms with van der Waals surface area (Å²) < 4.78 is 1.15. The summed E-state index contributed by atoms with van der Waals surface area (Å²) in [7, 11) is 0. The van der Waals surface area contributed by atoms with Gasteiger partial charge in [-0.1, -0.05) is 41.7 Å². The van der Waals surface area contributed by atoms with Crippen molar-refractivity contribution >= 4 is 32.4 Å². The standard InChI is InChI=1S/C7H6N2S.C6H7N/c8-7-9-5-3-1-2-4-6(5)10-7;7-6-4-2-1-3-5-6/h1-4H,(H2,8,9);1-5H,7H2. The summed E-state index contributed by atoms with van der Waals surface area (Å²) in [5.74, 6) is 0. The molecule has 17 heavy (non-hydrogen) atoms. The van der Waals surface area contributed by atoms with Crippen LogP contribution in [0.15, 0.2) is 54.6 Å². The minimum absolute atomic E-state index is 0.640. The van der Waals surface area contributed by atoms with Gasteiger partial charge in [-0.25, -0.2) is 4.98 Å². The number of hydrogen-bond acceptors (Lipinski definition) is 4. The fourth-order valence-corrected chi connectivity index (χ4v) is 2.08. The lowest BCUT2D eigenvalue weighted by Gasteiger charge is -1.83. The number of nitrogens with zero attached hydrogens (tertiary/aromatic N) is 1. The van der Waals surface area contributed by atoms with Crippen molar-refractivity contribution in [3.05, 3.63) is 54.6 Å². The van der Waals surface area contributed by atoms with E-state index >= 15 is 0 Å². The number of fused-ring (bicyclic) bond motifs is 1. The van der Waals surface area contributed by atoms with Crippen LogP contribution in [0.4, 0.5) is 10.8 Å². The highest BCUT2D eigenvalue weighted by molar-refractivity contribution is 7.22. The van der Waals surface area contributed by atoms with Crippen molar-refractivity contribution in [1.29, 1.82) is 0 Å². The van der Waals surface area contributed by atoms with E-state index < -0.39 is 0 Å². The van der Waals surface area contributed by atoms with Crippen LogP contribution in [0.3, 0.4) is 0 Å². The zero-order chi connectivity index (χ0) is 12.1. The maximum atomic E-state index is 5.50. The molecule has 3 rings (SSSR count). The van der Waals surface area contributed by atoms with Crippen LogP contribution in [0.25, 0.3) is 10.2 Å². The van der Waals surface area contributed by atoms with Gasteiger partial charge in [-0.3, -0.25) is 0 Å². The Labute approximate surface area is 104 Å². The summed E-state index contributed by atoms with van der Waals surface area (Å²) in [4.78, 5) is 4.11. The Morgan fingerprint density at radius 2 is 1.47 bits per heavy atom. The van der Waals surface area contributed by atoms with Gasteiger partial charge in [0.05, 0.1) is 10.2 Å². The molecule has 0 bridgehead atoms. The van der Waals surface area contributed by atoms with Crippen molar-refractivity contribution in [2.45, 2.75) is 0 Å². The van der Waals surface area contributed by atoms with E-state index in [-0.39, 0.29) is 0 Å². The van der Waals surface area contributed by atoms with Gasteiger partial charge in [0.15, 0.2) is 5.13 Å². The van der Waals surface area contributed by atoms with E-state index in [0.717, 1.165) is 15.9 Å². The number of nitrogen functional groups attached to an aromatic ring is 2. The van der Waals surface area contributed by atoms with E-state index in [1.807, 2.05) is 54.6 Å². The van der Waals surface area contributed by atoms with Crippen LogP contribution in [-0.2, 0) is 0 Å². The summed E-state index contributed by atoms with van der Waals surface area (Å²) >= 11 is 1.52. The zero-order valence-corrected chi connectivity index (χ0v) is 10.0. The monoisotopic (exact) mass is 243 g/mol. The highest BCUT2D eigenvalue weighted by atomic mass is 32.1. The van der Waals surface area contributed by atoms with Gasteiger partial charge in [0.25, 0.3) is 0 Å². The normalized spacial score (nSPS) is 9.65. The van der Waals surface area contributed by atoms with Crippen LogP contribution >= 0.6 is 11.3 Å². The maximum Gasteiger partial charge on any atom is 0.181 e. The van der Waals surface area contributed by atoms with E-state index in [9.17, 15) is 0 Å². The highest BCUT2D eigenvalue weighted by Gasteiger charge is 1.96. The Balaban J connectivity index is 0.000000136. The predicted molar refractivity (Wildman–Crippen MR) is 74.9 cm³/mol. The molecule has 0 aliphatic heterocycles. The molecule has 0 aliphatic rings. The van der Waals surface area contributed by atoms with Crippen LogP contribution < -0.4 is 11.5 Å². The first kappa shape index (κ1) is 11.4. The van der Waals surface area contributed by atoms with Crippen LogP contribution in [-0.4, -0.2) is 4.98 Å². The van der Waals surface area contributed by atoms with E-state index in [1.54, 1.807) is 0 Å². The molecule has 86 valence electrons. The fourth-order valence-electron chi connectivity index (χ4n) is 1.34. The van der Waals surface area contributed by atoms with E-state index in [4.69, 9.17) is 11.5 Å². The van der Waals surface area contributed by atoms with Gasteiger partial charge in [0.2, 0.25) is 0 Å². The lowest BCUT2D eigenvalue weighted by Crippen LogP contribution is -1.79. The molecule has 0 amide bonds. The van der Waals surface area contributed by atoms with Crippen molar-refractivity contribution in [2.24, 2.45) is 0 Å². The highest BCUT2D eigenvalue weighted by Crippen LogP contribution is 2.22. The minimum atomic E-state index is 0.640. The third-order valence-electron chi connectivity index (χ3n) is 2.11. The first-order valence-corrected chi connectivity index (χ1v) is 5.99. The van der Waals surface area contributed by atoms with Gasteiger partial charge in [-0.05, 0) is 24.3 Å². The number of rotatable bonds is 0. The predicted octanol–water partition coefficient (Wildman–Crippen LogP) is 3.15. The maximum absolute atomic E-state index is 5.50. The molecule has 0 aliphatic carbocycles. The fraction of sp³-hybridized carbons (Fsp3) is 0. The molecule has 1 aromatic heterocycles. The quantitative estimate of drug-likeness (QED) is 0.596. The first-order chi connectivity index (χ1) is 8.25. The lowest BCUT2D eigenvalue weighted by molar-refractivity contribution is 1.50. The number of aromatic nitrogens is 1. The molecule has 0 spiro atoms. The van der Waals surface area contributed by atoms with Crippen molar-refractivity contribution in [3.8, 4) is 0 Å². The van der Waals surface area contributed by atoms with E-state index in [0.29, 0.717) is 5.13 Å². The number of hydrogen-bond donors (Lipinski definition) is 2. The Morgan fingerprint density at radius 1 is 0.824 bits per heavy atom. The van der Waals surface area contributed by atoms with Crippen LogP contribution in [0.2, 0.25) is 0 Å². The van der Waals surface area contributed by atoms with Crippen LogP contribution in [0, 0.1) is 0 Å². The molecule has 0 unspecified atom stereocenters. The first-order valence-electron chi connectivity index (χ1n) is 5.17. The molecule has 3 nitrogen and oxygen atoms in total. The molecule has 3 aromatic rings. The van der Waals surface area contributed by atoms with Gasteiger partial charge in [0.1, 0.15) is 0 Å². The third kappa shape index (κ3) is 3.19. The molecule has 0 fully saturated rings. The summed E-state index contributed by atoms with van der Waals surface area (Å²) in [6.07, 6.45) is 0. The van der Waals surface area contributed by atoms with Gasteiger partial charge < -0.3 is 11.5 Å². The smallest absolute Gasteiger partial charge is 0.181 e. The Kier molecular flexibility index (Phi) is 3.57. The number of para-hydroxylation sites is 2. The molecule has 0 radical (unpaired) electrons. The molecule has 0 saturated heterocycles. The average Bonchev–Trinajstić information content (AvgIpc) is 2.71.